The monoisotopic (exact) mass is 421 g/mol. The Bertz CT molecular complexity index is 426. The van der Waals surface area contributed by atoms with Crippen LogP contribution in [0.5, 0.6) is 0 Å². The van der Waals surface area contributed by atoms with Crippen LogP contribution in [0, 0.1) is 39.9 Å². The Morgan fingerprint density at radius 1 is 0.700 bits per heavy atom. The number of unbranched alkanes of at least 4 members (excludes halogenated alkanes) is 3. The molecule has 0 aliphatic carbocycles. The van der Waals surface area contributed by atoms with Crippen LogP contribution in [-0.2, 0) is 0 Å². The first-order chi connectivity index (χ1) is 13.8. The predicted octanol–water partition coefficient (Wildman–Crippen LogP) is 10.9. The molecule has 0 nitrogen and oxygen atoms in total. The molecule has 0 aromatic rings. The lowest BCUT2D eigenvalue weighted by Gasteiger charge is -2.62. The van der Waals surface area contributed by atoms with Gasteiger partial charge in [0.05, 0.1) is 0 Å². The molecule has 0 rings (SSSR count). The lowest BCUT2D eigenvalue weighted by Crippen LogP contribution is -2.54. The lowest BCUT2D eigenvalue weighted by atomic mass is 9.42. The highest BCUT2D eigenvalue weighted by molar-refractivity contribution is 5.19. The van der Waals surface area contributed by atoms with Gasteiger partial charge in [0.15, 0.2) is 0 Å². The molecule has 0 aromatic carbocycles. The molecule has 1 radical (unpaired) electrons. The van der Waals surface area contributed by atoms with Crippen LogP contribution in [0.4, 0.5) is 0 Å². The van der Waals surface area contributed by atoms with Gasteiger partial charge in [0.1, 0.15) is 0 Å². The van der Waals surface area contributed by atoms with Gasteiger partial charge in [-0.05, 0) is 72.0 Å². The molecule has 0 saturated carbocycles. The molecular formula is C30H61. The molecule has 0 aliphatic rings. The van der Waals surface area contributed by atoms with Crippen LogP contribution in [0.3, 0.4) is 0 Å². The fourth-order valence-corrected chi connectivity index (χ4v) is 6.98. The molecule has 0 heteroatoms. The van der Waals surface area contributed by atoms with Gasteiger partial charge in [0.2, 0.25) is 0 Å². The fourth-order valence-electron chi connectivity index (χ4n) is 6.98. The zero-order chi connectivity index (χ0) is 23.6. The summed E-state index contributed by atoms with van der Waals surface area (Å²) in [7, 11) is 0. The molecule has 0 saturated heterocycles. The molecule has 3 unspecified atom stereocenters. The number of rotatable bonds is 16. The minimum absolute atomic E-state index is 0.287. The van der Waals surface area contributed by atoms with Crippen molar-refractivity contribution in [2.45, 2.75) is 154 Å². The summed E-state index contributed by atoms with van der Waals surface area (Å²) >= 11 is 0. The minimum atomic E-state index is 0.287. The molecule has 30 heavy (non-hydrogen) atoms. The summed E-state index contributed by atoms with van der Waals surface area (Å²) < 4.78 is 0. The van der Waals surface area contributed by atoms with Gasteiger partial charge in [-0.15, -0.1) is 0 Å². The van der Waals surface area contributed by atoms with Crippen molar-refractivity contribution in [1.82, 2.24) is 0 Å². The van der Waals surface area contributed by atoms with Gasteiger partial charge in [-0.1, -0.05) is 122 Å². The Morgan fingerprint density at radius 2 is 1.27 bits per heavy atom. The van der Waals surface area contributed by atoms with E-state index in [1.54, 1.807) is 0 Å². The van der Waals surface area contributed by atoms with Crippen LogP contribution < -0.4 is 0 Å². The van der Waals surface area contributed by atoms with E-state index in [0.29, 0.717) is 10.8 Å². The summed E-state index contributed by atoms with van der Waals surface area (Å²) in [6.07, 6.45) is 14.8. The SMILES string of the molecule is CCCCC[C](CC(C)C)C(CCCC)(C(C)(C)C)C(C)(CC(C)C)CC(C)CC. The Hall–Kier alpha value is 0. The van der Waals surface area contributed by atoms with E-state index < -0.39 is 0 Å². The van der Waals surface area contributed by atoms with Gasteiger partial charge < -0.3 is 0 Å². The van der Waals surface area contributed by atoms with Crippen molar-refractivity contribution in [3.05, 3.63) is 5.92 Å². The molecule has 0 amide bonds. The van der Waals surface area contributed by atoms with Crippen molar-refractivity contribution in [2.24, 2.45) is 34.0 Å². The molecule has 0 fully saturated rings. The summed E-state index contributed by atoms with van der Waals surface area (Å²) in [5, 5.41) is 0. The zero-order valence-electron chi connectivity index (χ0n) is 23.5. The lowest BCUT2D eigenvalue weighted by molar-refractivity contribution is -0.0822. The number of hydrogen-bond acceptors (Lipinski definition) is 0. The smallest absolute Gasteiger partial charge is 0.0133 e. The quantitative estimate of drug-likeness (QED) is 0.217. The molecule has 0 heterocycles. The molecule has 0 aromatic heterocycles. The highest BCUT2D eigenvalue weighted by Crippen LogP contribution is 2.66. The van der Waals surface area contributed by atoms with Crippen LogP contribution in [0.2, 0.25) is 0 Å². The Morgan fingerprint density at radius 3 is 1.67 bits per heavy atom. The largest absolute Gasteiger partial charge is 0.0654 e. The topological polar surface area (TPSA) is 0 Å². The van der Waals surface area contributed by atoms with Crippen molar-refractivity contribution in [3.8, 4) is 0 Å². The maximum absolute atomic E-state index is 2.71. The molecule has 3 atom stereocenters. The molecule has 0 bridgehead atoms. The van der Waals surface area contributed by atoms with E-state index in [1.165, 1.54) is 70.6 Å². The first kappa shape index (κ1) is 30.0. The molecular weight excluding hydrogens is 360 g/mol. The van der Waals surface area contributed by atoms with E-state index in [0.717, 1.165) is 17.8 Å². The minimum Gasteiger partial charge on any atom is -0.0654 e. The zero-order valence-corrected chi connectivity index (χ0v) is 23.5. The van der Waals surface area contributed by atoms with E-state index in [-0.39, 0.29) is 5.41 Å². The normalized spacial score (nSPS) is 18.1. The average Bonchev–Trinajstić information content (AvgIpc) is 2.59. The summed E-state index contributed by atoms with van der Waals surface area (Å²) in [4.78, 5) is 0. The second kappa shape index (κ2) is 13.5. The van der Waals surface area contributed by atoms with Gasteiger partial charge >= 0.3 is 0 Å². The first-order valence-corrected chi connectivity index (χ1v) is 13.7. The van der Waals surface area contributed by atoms with Crippen molar-refractivity contribution in [2.75, 3.05) is 0 Å². The average molecular weight is 422 g/mol. The van der Waals surface area contributed by atoms with Crippen LogP contribution in [0.25, 0.3) is 0 Å². The van der Waals surface area contributed by atoms with Crippen molar-refractivity contribution in [3.63, 3.8) is 0 Å². The number of hydrogen-bond donors (Lipinski definition) is 0. The van der Waals surface area contributed by atoms with Gasteiger partial charge in [-0.25, -0.2) is 0 Å². The van der Waals surface area contributed by atoms with Crippen LogP contribution in [0.1, 0.15) is 154 Å². The molecule has 181 valence electrons. The van der Waals surface area contributed by atoms with Crippen LogP contribution >= 0.6 is 0 Å². The Labute approximate surface area is 193 Å². The Kier molecular flexibility index (Phi) is 13.5. The summed E-state index contributed by atoms with van der Waals surface area (Å²) in [6.45, 7) is 29.9. The Balaban J connectivity index is 6.73. The molecule has 0 aliphatic heterocycles. The predicted molar refractivity (Wildman–Crippen MR) is 140 cm³/mol. The maximum Gasteiger partial charge on any atom is -0.0133 e. The van der Waals surface area contributed by atoms with Crippen LogP contribution in [-0.4, -0.2) is 0 Å². The van der Waals surface area contributed by atoms with Gasteiger partial charge in [0.25, 0.3) is 0 Å². The maximum atomic E-state index is 2.71. The summed E-state index contributed by atoms with van der Waals surface area (Å²) in [5.74, 6) is 4.22. The summed E-state index contributed by atoms with van der Waals surface area (Å²) in [5.41, 5.74) is 0.970. The second-order valence-electron chi connectivity index (χ2n) is 12.8. The van der Waals surface area contributed by atoms with E-state index >= 15 is 0 Å². The summed E-state index contributed by atoms with van der Waals surface area (Å²) in [6, 6.07) is 0. The van der Waals surface area contributed by atoms with Crippen molar-refractivity contribution in [1.29, 1.82) is 0 Å². The van der Waals surface area contributed by atoms with E-state index in [9.17, 15) is 0 Å². The highest BCUT2D eigenvalue weighted by atomic mass is 14.6. The van der Waals surface area contributed by atoms with Crippen molar-refractivity contribution >= 4 is 0 Å². The third kappa shape index (κ3) is 8.16. The standard InChI is InChI=1S/C30H61/c1-13-16-18-19-27(21-24(4)5)30(20-17-14-2,28(9,10)11)29(12,22-25(6)7)23-26(8)15-3/h24-26H,13-23H2,1-12H3. The fraction of sp³-hybridized carbons (Fsp3) is 0.967. The van der Waals surface area contributed by atoms with E-state index in [4.69, 9.17) is 0 Å². The second-order valence-corrected chi connectivity index (χ2v) is 12.8. The van der Waals surface area contributed by atoms with E-state index in [2.05, 4.69) is 83.1 Å². The third-order valence-electron chi connectivity index (χ3n) is 7.91. The highest BCUT2D eigenvalue weighted by Gasteiger charge is 2.58. The molecule has 0 N–H and O–H groups in total. The van der Waals surface area contributed by atoms with Crippen molar-refractivity contribution < 1.29 is 0 Å². The van der Waals surface area contributed by atoms with Gasteiger partial charge in [0, 0.05) is 0 Å². The van der Waals surface area contributed by atoms with Crippen LogP contribution in [0.15, 0.2) is 0 Å². The third-order valence-corrected chi connectivity index (χ3v) is 7.91. The first-order valence-electron chi connectivity index (χ1n) is 13.7. The van der Waals surface area contributed by atoms with Gasteiger partial charge in [-0.2, -0.15) is 0 Å². The van der Waals surface area contributed by atoms with Gasteiger partial charge in [-0.3, -0.25) is 0 Å². The molecule has 0 spiro atoms. The van der Waals surface area contributed by atoms with E-state index in [1.807, 2.05) is 5.92 Å².